The van der Waals surface area contributed by atoms with Crippen LogP contribution in [0, 0.1) is 5.82 Å². The zero-order valence-electron chi connectivity index (χ0n) is 14.5. The van der Waals surface area contributed by atoms with E-state index in [1.165, 1.54) is 17.8 Å². The molecule has 0 heterocycles. The van der Waals surface area contributed by atoms with Gasteiger partial charge in [-0.2, -0.15) is 0 Å². The van der Waals surface area contributed by atoms with Gasteiger partial charge < -0.3 is 15.4 Å². The number of benzene rings is 2. The predicted molar refractivity (Wildman–Crippen MR) is 102 cm³/mol. The highest BCUT2D eigenvalue weighted by molar-refractivity contribution is 7.99. The van der Waals surface area contributed by atoms with Crippen molar-refractivity contribution in [3.63, 3.8) is 0 Å². The molecule has 0 saturated heterocycles. The van der Waals surface area contributed by atoms with Gasteiger partial charge in [0.1, 0.15) is 5.82 Å². The van der Waals surface area contributed by atoms with Crippen molar-refractivity contribution in [2.45, 2.75) is 5.75 Å². The molecule has 5 nitrogen and oxygen atoms in total. The molecule has 2 amide bonds. The van der Waals surface area contributed by atoms with E-state index in [0.717, 1.165) is 0 Å². The van der Waals surface area contributed by atoms with Crippen molar-refractivity contribution in [2.24, 2.45) is 0 Å². The van der Waals surface area contributed by atoms with Gasteiger partial charge in [-0.05, 0) is 23.8 Å². The van der Waals surface area contributed by atoms with Crippen LogP contribution in [0.5, 0.6) is 0 Å². The molecule has 138 valence electrons. The average Bonchev–Trinajstić information content (AvgIpc) is 2.64. The van der Waals surface area contributed by atoms with Crippen LogP contribution in [0.1, 0.15) is 15.9 Å². The van der Waals surface area contributed by atoms with Crippen LogP contribution in [0.25, 0.3) is 0 Å². The molecule has 0 spiro atoms. The monoisotopic (exact) mass is 376 g/mol. The Bertz CT molecular complexity index is 755. The molecule has 0 radical (unpaired) electrons. The van der Waals surface area contributed by atoms with E-state index in [-0.39, 0.29) is 23.4 Å². The van der Waals surface area contributed by atoms with Crippen molar-refractivity contribution in [3.8, 4) is 0 Å². The molecule has 0 atom stereocenters. The molecular weight excluding hydrogens is 355 g/mol. The summed E-state index contributed by atoms with van der Waals surface area (Å²) in [6, 6.07) is 13.3. The summed E-state index contributed by atoms with van der Waals surface area (Å²) < 4.78 is 18.5. The van der Waals surface area contributed by atoms with Crippen molar-refractivity contribution in [1.82, 2.24) is 5.32 Å². The number of anilines is 1. The summed E-state index contributed by atoms with van der Waals surface area (Å²) in [5.74, 6) is -0.244. The lowest BCUT2D eigenvalue weighted by Gasteiger charge is -2.11. The minimum atomic E-state index is -0.281. The fourth-order valence-electron chi connectivity index (χ4n) is 2.21. The second-order valence-electron chi connectivity index (χ2n) is 5.43. The van der Waals surface area contributed by atoms with Crippen molar-refractivity contribution >= 4 is 29.3 Å². The smallest absolute Gasteiger partial charge is 0.253 e. The van der Waals surface area contributed by atoms with Crippen LogP contribution in [0.3, 0.4) is 0 Å². The van der Waals surface area contributed by atoms with Gasteiger partial charge in [-0.25, -0.2) is 4.39 Å². The third-order valence-corrected chi connectivity index (χ3v) is 4.47. The van der Waals surface area contributed by atoms with E-state index < -0.39 is 0 Å². The van der Waals surface area contributed by atoms with Crippen LogP contribution < -0.4 is 10.6 Å². The number of amides is 2. The fourth-order valence-corrected chi connectivity index (χ4v) is 3.02. The lowest BCUT2D eigenvalue weighted by atomic mass is 10.1. The van der Waals surface area contributed by atoms with Crippen molar-refractivity contribution in [3.05, 3.63) is 65.5 Å². The van der Waals surface area contributed by atoms with Gasteiger partial charge in [0.2, 0.25) is 5.91 Å². The van der Waals surface area contributed by atoms with E-state index in [2.05, 4.69) is 10.6 Å². The zero-order chi connectivity index (χ0) is 18.8. The first kappa shape index (κ1) is 19.9. The molecule has 0 aliphatic rings. The van der Waals surface area contributed by atoms with Crippen molar-refractivity contribution in [2.75, 3.05) is 31.3 Å². The highest BCUT2D eigenvalue weighted by Crippen LogP contribution is 2.18. The van der Waals surface area contributed by atoms with Crippen LogP contribution in [0.4, 0.5) is 10.1 Å². The summed E-state index contributed by atoms with van der Waals surface area (Å²) in [5, 5.41) is 5.46. The molecule has 2 rings (SSSR count). The summed E-state index contributed by atoms with van der Waals surface area (Å²) in [5.41, 5.74) is 1.39. The maximum Gasteiger partial charge on any atom is 0.253 e. The molecule has 0 fully saturated rings. The lowest BCUT2D eigenvalue weighted by Crippen LogP contribution is -2.28. The Labute approximate surface area is 156 Å². The molecule has 2 N–H and O–H groups in total. The van der Waals surface area contributed by atoms with Gasteiger partial charge in [0, 0.05) is 19.4 Å². The fraction of sp³-hybridized carbons (Fsp3) is 0.263. The standard InChI is InChI=1S/C19H21FN2O3S/c1-25-11-10-21-19(24)15-7-3-5-9-17(15)22-18(23)13-26-12-14-6-2-4-8-16(14)20/h2-9H,10-13H2,1H3,(H,21,24)(H,22,23). The van der Waals surface area contributed by atoms with Crippen LogP contribution in [0.2, 0.25) is 0 Å². The molecule has 0 aliphatic carbocycles. The molecule has 7 heteroatoms. The largest absolute Gasteiger partial charge is 0.383 e. The molecule has 0 aromatic heterocycles. The van der Waals surface area contributed by atoms with E-state index in [1.807, 2.05) is 0 Å². The molecule has 2 aromatic carbocycles. The topological polar surface area (TPSA) is 67.4 Å². The van der Waals surface area contributed by atoms with Gasteiger partial charge in [-0.15, -0.1) is 11.8 Å². The van der Waals surface area contributed by atoms with Crippen LogP contribution in [-0.2, 0) is 15.3 Å². The van der Waals surface area contributed by atoms with Gasteiger partial charge in [0.25, 0.3) is 5.91 Å². The first-order valence-electron chi connectivity index (χ1n) is 8.09. The molecule has 0 saturated carbocycles. The number of rotatable bonds is 9. The molecule has 0 unspecified atom stereocenters. The van der Waals surface area contributed by atoms with Gasteiger partial charge in [0.05, 0.1) is 23.6 Å². The summed E-state index contributed by atoms with van der Waals surface area (Å²) in [4.78, 5) is 24.3. The Kier molecular flexibility index (Phi) is 8.11. The summed E-state index contributed by atoms with van der Waals surface area (Å²) in [6.07, 6.45) is 0. The third-order valence-electron chi connectivity index (χ3n) is 3.49. The number of nitrogens with one attached hydrogen (secondary N) is 2. The number of hydrogen-bond acceptors (Lipinski definition) is 4. The SMILES string of the molecule is COCCNC(=O)c1ccccc1NC(=O)CSCc1ccccc1F. The molecule has 0 bridgehead atoms. The molecule has 0 aliphatic heterocycles. The molecule has 2 aromatic rings. The predicted octanol–water partition coefficient (Wildman–Crippen LogP) is 3.07. The van der Waals surface area contributed by atoms with E-state index in [0.29, 0.717) is 35.7 Å². The van der Waals surface area contributed by atoms with Gasteiger partial charge in [-0.1, -0.05) is 30.3 Å². The van der Waals surface area contributed by atoms with E-state index in [9.17, 15) is 14.0 Å². The van der Waals surface area contributed by atoms with Crippen molar-refractivity contribution in [1.29, 1.82) is 0 Å². The normalized spacial score (nSPS) is 10.4. The maximum absolute atomic E-state index is 13.6. The van der Waals surface area contributed by atoms with Crippen LogP contribution in [0.15, 0.2) is 48.5 Å². The third kappa shape index (κ3) is 6.16. The zero-order valence-corrected chi connectivity index (χ0v) is 15.3. The maximum atomic E-state index is 13.6. The Hall–Kier alpha value is -2.38. The highest BCUT2D eigenvalue weighted by Gasteiger charge is 2.13. The van der Waals surface area contributed by atoms with Crippen LogP contribution in [-0.4, -0.2) is 37.8 Å². The number of carbonyl (C=O) groups excluding carboxylic acids is 2. The van der Waals surface area contributed by atoms with Crippen LogP contribution >= 0.6 is 11.8 Å². The minimum Gasteiger partial charge on any atom is -0.383 e. The second kappa shape index (κ2) is 10.6. The summed E-state index contributed by atoms with van der Waals surface area (Å²) >= 11 is 1.31. The number of ether oxygens (including phenoxy) is 1. The Morgan fingerprint density at radius 2 is 1.85 bits per heavy atom. The van der Waals surface area contributed by atoms with E-state index in [4.69, 9.17) is 4.74 Å². The number of para-hydroxylation sites is 1. The first-order chi connectivity index (χ1) is 12.6. The molecule has 26 heavy (non-hydrogen) atoms. The number of carbonyl (C=O) groups is 2. The number of thioether (sulfide) groups is 1. The van der Waals surface area contributed by atoms with Gasteiger partial charge >= 0.3 is 0 Å². The molecular formula is C19H21FN2O3S. The Morgan fingerprint density at radius 1 is 1.12 bits per heavy atom. The van der Waals surface area contributed by atoms with Gasteiger partial charge in [0.15, 0.2) is 0 Å². The Balaban J connectivity index is 1.88. The number of halogens is 1. The van der Waals surface area contributed by atoms with Gasteiger partial charge in [-0.3, -0.25) is 9.59 Å². The summed E-state index contributed by atoms with van der Waals surface area (Å²) in [6.45, 7) is 0.795. The second-order valence-corrected chi connectivity index (χ2v) is 6.41. The quantitative estimate of drug-likeness (QED) is 0.660. The first-order valence-corrected chi connectivity index (χ1v) is 9.24. The number of methoxy groups -OCH3 is 1. The lowest BCUT2D eigenvalue weighted by molar-refractivity contribution is -0.113. The van der Waals surface area contributed by atoms with E-state index >= 15 is 0 Å². The van der Waals surface area contributed by atoms with Crippen molar-refractivity contribution < 1.29 is 18.7 Å². The Morgan fingerprint density at radius 3 is 2.62 bits per heavy atom. The van der Waals surface area contributed by atoms with E-state index in [1.54, 1.807) is 49.6 Å². The highest BCUT2D eigenvalue weighted by atomic mass is 32.2. The average molecular weight is 376 g/mol. The summed E-state index contributed by atoms with van der Waals surface area (Å²) in [7, 11) is 1.55. The number of hydrogen-bond donors (Lipinski definition) is 2. The minimum absolute atomic E-state index is 0.161.